The molecule has 19 heteroatoms. The summed E-state index contributed by atoms with van der Waals surface area (Å²) >= 11 is 5.55. The number of phenols is 1. The normalized spacial score (nSPS) is 12.4. The third-order valence-corrected chi connectivity index (χ3v) is 12.6. The second-order valence-corrected chi connectivity index (χ2v) is 17.8. The Kier molecular flexibility index (Phi) is 16.2. The van der Waals surface area contributed by atoms with E-state index in [1.54, 1.807) is 42.9 Å². The zero-order valence-electron chi connectivity index (χ0n) is 39.6. The lowest BCUT2D eigenvalue weighted by Gasteiger charge is -2.25. The van der Waals surface area contributed by atoms with Crippen molar-refractivity contribution in [2.75, 3.05) is 18.9 Å². The molecule has 3 atom stereocenters. The van der Waals surface area contributed by atoms with E-state index >= 15 is 0 Å². The predicted molar refractivity (Wildman–Crippen MR) is 280 cm³/mol. The van der Waals surface area contributed by atoms with Gasteiger partial charge in [-0.25, -0.2) is 9.78 Å². The highest BCUT2D eigenvalue weighted by Gasteiger charge is 2.31. The van der Waals surface area contributed by atoms with Crippen LogP contribution in [-0.4, -0.2) is 91.6 Å². The number of carboxylic acids is 1. The van der Waals surface area contributed by atoms with Gasteiger partial charge in [0.2, 0.25) is 23.6 Å². The molecule has 1 aliphatic heterocycles. The number of hydrogen-bond acceptors (Lipinski definition) is 10. The molecule has 0 saturated carbocycles. The topological polar surface area (TPSA) is 273 Å². The molecule has 0 radical (unpaired) electrons. The maximum Gasteiger partial charge on any atom is 0.336 e. The number of fused-ring (bicyclic) bond motifs is 3. The predicted octanol–water partition coefficient (Wildman–Crippen LogP) is 5.95. The first-order chi connectivity index (χ1) is 35.3. The molecule has 374 valence electrons. The number of phenolic OH excluding ortho intramolecular Hbond substituents is 1. The number of carbonyl (C=O) groups is 5. The van der Waals surface area contributed by atoms with Gasteiger partial charge in [0.05, 0.1) is 5.56 Å². The fourth-order valence-corrected chi connectivity index (χ4v) is 8.94. The van der Waals surface area contributed by atoms with E-state index in [0.29, 0.717) is 59.4 Å². The largest absolute Gasteiger partial charge is 0.508 e. The molecule has 2 aliphatic rings. The van der Waals surface area contributed by atoms with Gasteiger partial charge >= 0.3 is 5.97 Å². The van der Waals surface area contributed by atoms with Gasteiger partial charge in [-0.3, -0.25) is 24.0 Å². The molecule has 4 aromatic carbocycles. The number of para-hydroxylation sites is 1. The van der Waals surface area contributed by atoms with Crippen LogP contribution >= 0.6 is 12.2 Å². The molecule has 3 heterocycles. The van der Waals surface area contributed by atoms with Crippen LogP contribution in [0.4, 0.5) is 5.69 Å². The van der Waals surface area contributed by atoms with Crippen LogP contribution in [-0.2, 0) is 38.4 Å². The van der Waals surface area contributed by atoms with Crippen molar-refractivity contribution in [2.45, 2.75) is 63.1 Å². The second kappa shape index (κ2) is 23.4. The summed E-state index contributed by atoms with van der Waals surface area (Å²) in [5, 5.41) is 39.6. The number of aromatic nitrogens is 3. The maximum absolute atomic E-state index is 14.4. The number of rotatable bonds is 21. The number of imidazole rings is 1. The number of thiocarbonyl (C=S) groups is 1. The van der Waals surface area contributed by atoms with Crippen LogP contribution in [0.1, 0.15) is 53.0 Å². The lowest BCUT2D eigenvalue weighted by atomic mass is 9.90. The molecule has 1 aliphatic carbocycles. The SMILES string of the molecule is CNC(=O)[C@H](Cc1ncc[nH]1)NC(=O)[C@H](Cc1ccccc1)NC(=O)[C@H](Cc1c[nH]c2ccccc12)NC(=O)CCCCCNC(=S)Nc1ccc(-c2c3ccc(=O)cc-3oc3cc(O)ccc23)c(C(=O)O)c1. The Hall–Kier alpha value is -8.84. The third kappa shape index (κ3) is 12.7. The molecule has 8 rings (SSSR count). The van der Waals surface area contributed by atoms with Gasteiger partial charge in [0.1, 0.15) is 41.0 Å². The molecule has 0 unspecified atom stereocenters. The Morgan fingerprint density at radius 1 is 0.740 bits per heavy atom. The standard InChI is InChI=1S/C54H53N9O9S/c1-55-50(67)44(29-47-56-22-23-57-47)63-51(68)42(24-31-10-4-2-5-11-31)62-52(69)43(25-32-30-59-41-13-8-7-12-36(32)41)61-48(66)14-6-3-9-21-58-54(73)60-33-15-18-37(40(26-33)53(70)71)49-38-19-16-34(64)27-45(38)72-46-28-35(65)17-20-39(46)49/h2,4-5,7-8,10-13,15-20,22-23,26-28,30,42-44,59,64H,3,6,9,14,21,24-25,29H2,1H3,(H,55,67)(H,56,57)(H,61,66)(H,62,69)(H,63,68)(H,70,71)(H2,58,60,73)/t42-,43-,44-/m0/s1. The number of unbranched alkanes of at least 4 members (excludes halogenated alkanes) is 2. The molecule has 0 fully saturated rings. The van der Waals surface area contributed by atoms with Gasteiger partial charge in [-0.15, -0.1) is 0 Å². The number of anilines is 1. The van der Waals surface area contributed by atoms with E-state index < -0.39 is 41.8 Å². The quantitative estimate of drug-likeness (QED) is 0.0227. The first kappa shape index (κ1) is 50.5. The first-order valence-corrected chi connectivity index (χ1v) is 24.1. The van der Waals surface area contributed by atoms with Gasteiger partial charge in [-0.2, -0.15) is 0 Å². The molecular formula is C54H53N9O9S. The van der Waals surface area contributed by atoms with Gasteiger partial charge in [0, 0.05) is 103 Å². The summed E-state index contributed by atoms with van der Waals surface area (Å²) in [6.07, 6.45) is 7.12. The number of benzene rings is 5. The number of hydrogen-bond donors (Lipinski definition) is 10. The maximum atomic E-state index is 14.4. The highest BCUT2D eigenvalue weighted by atomic mass is 32.1. The minimum absolute atomic E-state index is 0.0362. The minimum atomic E-state index is -1.20. The molecule has 10 N–H and O–H groups in total. The average molecular weight is 1000 g/mol. The van der Waals surface area contributed by atoms with Gasteiger partial charge < -0.3 is 56.5 Å². The molecule has 0 spiro atoms. The molecule has 73 heavy (non-hydrogen) atoms. The van der Waals surface area contributed by atoms with Crippen LogP contribution in [0.15, 0.2) is 137 Å². The van der Waals surface area contributed by atoms with Crippen LogP contribution in [0.3, 0.4) is 0 Å². The molecular weight excluding hydrogens is 951 g/mol. The molecule has 2 aromatic heterocycles. The summed E-state index contributed by atoms with van der Waals surface area (Å²) in [4.78, 5) is 90.2. The van der Waals surface area contributed by atoms with Crippen molar-refractivity contribution in [1.29, 1.82) is 0 Å². The smallest absolute Gasteiger partial charge is 0.336 e. The number of likely N-dealkylation sites (N-methyl/N-ethyl adjacent to an activating group) is 1. The van der Waals surface area contributed by atoms with E-state index in [0.717, 1.165) is 22.0 Å². The fourth-order valence-electron chi connectivity index (χ4n) is 8.72. The summed E-state index contributed by atoms with van der Waals surface area (Å²) < 4.78 is 5.93. The number of nitrogens with one attached hydrogen (secondary N) is 8. The van der Waals surface area contributed by atoms with Crippen molar-refractivity contribution in [3.8, 4) is 28.2 Å². The van der Waals surface area contributed by atoms with E-state index in [1.165, 1.54) is 37.4 Å². The average Bonchev–Trinajstić information content (AvgIpc) is 4.06. The first-order valence-electron chi connectivity index (χ1n) is 23.6. The van der Waals surface area contributed by atoms with Gasteiger partial charge in [-0.05, 0) is 84.2 Å². The molecule has 18 nitrogen and oxygen atoms in total. The van der Waals surface area contributed by atoms with Crippen LogP contribution in [0.2, 0.25) is 0 Å². The van der Waals surface area contributed by atoms with Crippen molar-refractivity contribution in [3.05, 3.63) is 161 Å². The Bertz CT molecular complexity index is 3320. The minimum Gasteiger partial charge on any atom is -0.508 e. The lowest BCUT2D eigenvalue weighted by Crippen LogP contribution is -2.58. The number of nitrogens with zero attached hydrogens (tertiary/aromatic N) is 1. The fraction of sp³-hybridized carbons (Fsp3) is 0.222. The molecule has 4 amide bonds. The van der Waals surface area contributed by atoms with Crippen molar-refractivity contribution in [2.24, 2.45) is 0 Å². The van der Waals surface area contributed by atoms with Crippen LogP contribution in [0.25, 0.3) is 44.3 Å². The molecule has 0 bridgehead atoms. The number of aromatic carboxylic acids is 1. The van der Waals surface area contributed by atoms with Crippen molar-refractivity contribution in [3.63, 3.8) is 0 Å². The van der Waals surface area contributed by atoms with Gasteiger partial charge in [-0.1, -0.05) is 61.0 Å². The lowest BCUT2D eigenvalue weighted by molar-refractivity contribution is -0.133. The second-order valence-electron chi connectivity index (χ2n) is 17.4. The van der Waals surface area contributed by atoms with E-state index in [-0.39, 0.29) is 64.8 Å². The number of carbonyl (C=O) groups excluding carboxylic acids is 4. The summed E-state index contributed by atoms with van der Waals surface area (Å²) in [6, 6.07) is 27.2. The van der Waals surface area contributed by atoms with Crippen LogP contribution in [0.5, 0.6) is 5.75 Å². The highest BCUT2D eigenvalue weighted by molar-refractivity contribution is 7.80. The van der Waals surface area contributed by atoms with E-state index in [4.69, 9.17) is 16.6 Å². The zero-order valence-corrected chi connectivity index (χ0v) is 40.4. The van der Waals surface area contributed by atoms with Crippen LogP contribution in [0, 0.1) is 0 Å². The number of aromatic amines is 2. The van der Waals surface area contributed by atoms with Crippen LogP contribution < -0.4 is 37.3 Å². The number of carboxylic acid groups (broad SMARTS) is 1. The summed E-state index contributed by atoms with van der Waals surface area (Å²) in [7, 11) is 1.47. The Labute approximate surface area is 423 Å². The summed E-state index contributed by atoms with van der Waals surface area (Å²) in [5.41, 5.74) is 4.19. The highest BCUT2D eigenvalue weighted by Crippen LogP contribution is 2.42. The van der Waals surface area contributed by atoms with Gasteiger partial charge in [0.15, 0.2) is 10.5 Å². The number of amides is 4. The summed E-state index contributed by atoms with van der Waals surface area (Å²) in [5.74, 6) is -2.49. The Morgan fingerprint density at radius 2 is 1.48 bits per heavy atom. The number of aromatic hydroxyl groups is 1. The monoisotopic (exact) mass is 1000 g/mol. The number of H-pyrrole nitrogens is 2. The molecule has 6 aromatic rings. The molecule has 0 saturated heterocycles. The zero-order chi connectivity index (χ0) is 51.4. The van der Waals surface area contributed by atoms with Crippen molar-refractivity contribution >= 4 is 74.5 Å². The van der Waals surface area contributed by atoms with Gasteiger partial charge in [0.25, 0.3) is 0 Å². The Balaban J connectivity index is 0.884. The van der Waals surface area contributed by atoms with E-state index in [9.17, 15) is 39.0 Å². The Morgan fingerprint density at radius 3 is 2.23 bits per heavy atom. The third-order valence-electron chi connectivity index (χ3n) is 12.3. The van der Waals surface area contributed by atoms with E-state index in [2.05, 4.69) is 46.9 Å². The van der Waals surface area contributed by atoms with Crippen molar-refractivity contribution < 1.29 is 38.6 Å². The van der Waals surface area contributed by atoms with Crippen molar-refractivity contribution in [1.82, 2.24) is 41.5 Å². The summed E-state index contributed by atoms with van der Waals surface area (Å²) in [6.45, 7) is 0.441. The van der Waals surface area contributed by atoms with E-state index in [1.807, 2.05) is 54.6 Å².